The molecule has 1 amide bonds. The highest BCUT2D eigenvalue weighted by atomic mass is 35.5. The molecule has 2 N–H and O–H groups in total. The predicted molar refractivity (Wildman–Crippen MR) is 100 cm³/mol. The summed E-state index contributed by atoms with van der Waals surface area (Å²) < 4.78 is 0. The van der Waals surface area contributed by atoms with Crippen LogP contribution in [-0.4, -0.2) is 12.5 Å². The number of anilines is 1. The van der Waals surface area contributed by atoms with Crippen LogP contribution < -0.4 is 10.6 Å². The Morgan fingerprint density at radius 3 is 2.62 bits per heavy atom. The highest BCUT2D eigenvalue weighted by Gasteiger charge is 2.10. The lowest BCUT2D eigenvalue weighted by molar-refractivity contribution is -0.115. The summed E-state index contributed by atoms with van der Waals surface area (Å²) in [5, 5.41) is 9.13. The highest BCUT2D eigenvalue weighted by Crippen LogP contribution is 2.23. The van der Waals surface area contributed by atoms with Gasteiger partial charge in [-0.15, -0.1) is 0 Å². The lowest BCUT2D eigenvalue weighted by Crippen LogP contribution is -2.30. The zero-order valence-corrected chi connectivity index (χ0v) is 14.2. The number of benzene rings is 3. The Hall–Kier alpha value is -2.36. The summed E-state index contributed by atoms with van der Waals surface area (Å²) in [5.74, 6) is -0.0932. The fourth-order valence-corrected chi connectivity index (χ4v) is 2.95. The van der Waals surface area contributed by atoms with E-state index in [0.29, 0.717) is 10.7 Å². The van der Waals surface area contributed by atoms with E-state index >= 15 is 0 Å². The Bertz CT molecular complexity index is 858. The Morgan fingerprint density at radius 1 is 1.04 bits per heavy atom. The molecule has 3 rings (SSSR count). The van der Waals surface area contributed by atoms with Gasteiger partial charge in [-0.2, -0.15) is 0 Å². The molecule has 0 radical (unpaired) electrons. The average molecular weight is 339 g/mol. The maximum Gasteiger partial charge on any atom is 0.238 e. The number of hydrogen-bond donors (Lipinski definition) is 2. The van der Waals surface area contributed by atoms with Crippen LogP contribution in [0.15, 0.2) is 66.7 Å². The van der Waals surface area contributed by atoms with Crippen LogP contribution in [0.25, 0.3) is 10.8 Å². The van der Waals surface area contributed by atoms with E-state index in [1.54, 1.807) is 12.1 Å². The summed E-state index contributed by atoms with van der Waals surface area (Å²) in [7, 11) is 0. The van der Waals surface area contributed by atoms with E-state index in [4.69, 9.17) is 11.6 Å². The third-order valence-corrected chi connectivity index (χ3v) is 4.20. The zero-order valence-electron chi connectivity index (χ0n) is 13.4. The molecule has 0 aliphatic rings. The van der Waals surface area contributed by atoms with Crippen molar-refractivity contribution in [3.8, 4) is 0 Å². The largest absolute Gasteiger partial charge is 0.325 e. The predicted octanol–water partition coefficient (Wildman–Crippen LogP) is 4.78. The molecule has 0 fully saturated rings. The van der Waals surface area contributed by atoms with E-state index in [9.17, 15) is 4.79 Å². The number of nitrogens with one attached hydrogen (secondary N) is 2. The molecule has 0 bridgehead atoms. The fraction of sp³-hybridized carbons (Fsp3) is 0.150. The second-order valence-corrected chi connectivity index (χ2v) is 6.17. The van der Waals surface area contributed by atoms with Crippen molar-refractivity contribution in [3.05, 3.63) is 77.3 Å². The molecule has 0 heterocycles. The minimum absolute atomic E-state index is 0.0706. The molecule has 0 unspecified atom stereocenters. The quantitative estimate of drug-likeness (QED) is 0.702. The summed E-state index contributed by atoms with van der Waals surface area (Å²) in [6, 6.07) is 21.7. The van der Waals surface area contributed by atoms with Crippen LogP contribution >= 0.6 is 11.6 Å². The summed E-state index contributed by atoms with van der Waals surface area (Å²) >= 11 is 5.92. The number of halogens is 1. The third-order valence-electron chi connectivity index (χ3n) is 3.97. The van der Waals surface area contributed by atoms with E-state index in [-0.39, 0.29) is 18.5 Å². The molecule has 0 aliphatic heterocycles. The number of fused-ring (bicyclic) bond motifs is 1. The van der Waals surface area contributed by atoms with Crippen LogP contribution in [0.3, 0.4) is 0 Å². The number of amides is 1. The first-order valence-corrected chi connectivity index (χ1v) is 8.28. The second-order valence-electron chi connectivity index (χ2n) is 5.73. The van der Waals surface area contributed by atoms with Gasteiger partial charge in [-0.05, 0) is 41.5 Å². The normalized spacial score (nSPS) is 12.1. The molecular formula is C20H19ClN2O. The number of hydrogen-bond acceptors (Lipinski definition) is 2. The SMILES string of the molecule is C[C@H](NCC(=O)Nc1cccc(Cl)c1)c1cccc2ccccc12. The zero-order chi connectivity index (χ0) is 16.9. The van der Waals surface area contributed by atoms with Crippen molar-refractivity contribution in [1.29, 1.82) is 0 Å². The van der Waals surface area contributed by atoms with E-state index in [0.717, 1.165) is 0 Å². The van der Waals surface area contributed by atoms with Gasteiger partial charge in [0, 0.05) is 16.8 Å². The topological polar surface area (TPSA) is 41.1 Å². The van der Waals surface area contributed by atoms with Crippen LogP contribution in [-0.2, 0) is 4.79 Å². The van der Waals surface area contributed by atoms with Crippen molar-refractivity contribution in [2.75, 3.05) is 11.9 Å². The van der Waals surface area contributed by atoms with Crippen molar-refractivity contribution in [3.63, 3.8) is 0 Å². The third kappa shape index (κ3) is 3.94. The summed E-state index contributed by atoms with van der Waals surface area (Å²) in [5.41, 5.74) is 1.88. The summed E-state index contributed by atoms with van der Waals surface area (Å²) in [4.78, 5) is 12.1. The van der Waals surface area contributed by atoms with Crippen LogP contribution in [0, 0.1) is 0 Å². The van der Waals surface area contributed by atoms with Crippen LogP contribution in [0.2, 0.25) is 5.02 Å². The van der Waals surface area contributed by atoms with Gasteiger partial charge >= 0.3 is 0 Å². The molecule has 24 heavy (non-hydrogen) atoms. The Balaban J connectivity index is 1.64. The lowest BCUT2D eigenvalue weighted by Gasteiger charge is -2.16. The van der Waals surface area contributed by atoms with Gasteiger partial charge in [-0.1, -0.05) is 60.1 Å². The molecule has 0 aromatic heterocycles. The van der Waals surface area contributed by atoms with Gasteiger partial charge in [0.15, 0.2) is 0 Å². The van der Waals surface area contributed by atoms with E-state index in [1.165, 1.54) is 16.3 Å². The molecule has 1 atom stereocenters. The monoisotopic (exact) mass is 338 g/mol. The van der Waals surface area contributed by atoms with Crippen LogP contribution in [0.4, 0.5) is 5.69 Å². The van der Waals surface area contributed by atoms with E-state index in [2.05, 4.69) is 41.8 Å². The van der Waals surface area contributed by atoms with Gasteiger partial charge in [0.05, 0.1) is 6.54 Å². The minimum Gasteiger partial charge on any atom is -0.325 e. The molecule has 4 heteroatoms. The van der Waals surface area contributed by atoms with Crippen molar-refractivity contribution >= 4 is 34.0 Å². The van der Waals surface area contributed by atoms with Gasteiger partial charge in [0.25, 0.3) is 0 Å². The Morgan fingerprint density at radius 2 is 1.79 bits per heavy atom. The number of carbonyl (C=O) groups excluding carboxylic acids is 1. The second kappa shape index (κ2) is 7.47. The van der Waals surface area contributed by atoms with Gasteiger partial charge < -0.3 is 10.6 Å². The maximum atomic E-state index is 12.1. The first-order valence-electron chi connectivity index (χ1n) is 7.90. The Kier molecular flexibility index (Phi) is 5.14. The molecule has 0 saturated carbocycles. The van der Waals surface area contributed by atoms with Gasteiger partial charge in [0.2, 0.25) is 5.91 Å². The molecule has 0 saturated heterocycles. The van der Waals surface area contributed by atoms with Crippen molar-refractivity contribution in [2.24, 2.45) is 0 Å². The first-order chi connectivity index (χ1) is 11.6. The minimum atomic E-state index is -0.0932. The van der Waals surface area contributed by atoms with Crippen molar-refractivity contribution in [1.82, 2.24) is 5.32 Å². The molecule has 3 aromatic rings. The number of rotatable bonds is 5. The van der Waals surface area contributed by atoms with Gasteiger partial charge in [-0.3, -0.25) is 4.79 Å². The van der Waals surface area contributed by atoms with Crippen LogP contribution in [0.1, 0.15) is 18.5 Å². The lowest BCUT2D eigenvalue weighted by atomic mass is 10.00. The molecular weight excluding hydrogens is 320 g/mol. The van der Waals surface area contributed by atoms with Gasteiger partial charge in [0.1, 0.15) is 0 Å². The fourth-order valence-electron chi connectivity index (χ4n) is 2.76. The number of carbonyl (C=O) groups is 1. The Labute approximate surface area is 146 Å². The van der Waals surface area contributed by atoms with E-state index in [1.807, 2.05) is 30.3 Å². The van der Waals surface area contributed by atoms with E-state index < -0.39 is 0 Å². The maximum absolute atomic E-state index is 12.1. The molecule has 3 aromatic carbocycles. The van der Waals surface area contributed by atoms with Crippen molar-refractivity contribution in [2.45, 2.75) is 13.0 Å². The smallest absolute Gasteiger partial charge is 0.238 e. The first kappa shape index (κ1) is 16.5. The molecule has 0 aliphatic carbocycles. The molecule has 3 nitrogen and oxygen atoms in total. The average Bonchev–Trinajstić information content (AvgIpc) is 2.59. The van der Waals surface area contributed by atoms with Crippen LogP contribution in [0.5, 0.6) is 0 Å². The standard InChI is InChI=1S/C20H19ClN2O/c1-14(18-11-4-7-15-6-2-3-10-19(15)18)22-13-20(24)23-17-9-5-8-16(21)12-17/h2-12,14,22H,13H2,1H3,(H,23,24)/t14-/m0/s1. The summed E-state index contributed by atoms with van der Waals surface area (Å²) in [6.07, 6.45) is 0. The molecule has 122 valence electrons. The van der Waals surface area contributed by atoms with Crippen molar-refractivity contribution < 1.29 is 4.79 Å². The highest BCUT2D eigenvalue weighted by molar-refractivity contribution is 6.30. The molecule has 0 spiro atoms. The summed E-state index contributed by atoms with van der Waals surface area (Å²) in [6.45, 7) is 2.30. The van der Waals surface area contributed by atoms with Gasteiger partial charge in [-0.25, -0.2) is 0 Å².